The molecule has 0 aliphatic carbocycles. The molecular weight excluding hydrogens is 558 g/mol. The first-order chi connectivity index (χ1) is 21.2. The second-order valence-corrected chi connectivity index (χ2v) is 10.4. The summed E-state index contributed by atoms with van der Waals surface area (Å²) in [4.78, 5) is 56.1. The molecule has 0 fully saturated rings. The molecule has 5 N–H and O–H groups in total. The summed E-state index contributed by atoms with van der Waals surface area (Å²) in [7, 11) is 0. The summed E-state index contributed by atoms with van der Waals surface area (Å²) in [6.07, 6.45) is 0.0944. The Morgan fingerprint density at radius 2 is 1.45 bits per heavy atom. The quantitative estimate of drug-likeness (QED) is 0.164. The number of carboxylic acid groups (broad SMARTS) is 1. The van der Waals surface area contributed by atoms with Gasteiger partial charge in [0.15, 0.2) is 0 Å². The Balaban J connectivity index is 1.63. The Morgan fingerprint density at radius 1 is 0.886 bits per heavy atom. The molecule has 4 aromatic carbocycles. The summed E-state index contributed by atoms with van der Waals surface area (Å²) in [6, 6.07) is 27.8. The number of carboxylic acids is 1. The second-order valence-electron chi connectivity index (χ2n) is 10.4. The monoisotopic (exact) mass is 589 g/mol. The molecule has 0 saturated heterocycles. The maximum atomic E-state index is 14.1. The summed E-state index contributed by atoms with van der Waals surface area (Å²) in [6.45, 7) is 1.20. The van der Waals surface area contributed by atoms with Crippen LogP contribution in [0, 0.1) is 5.41 Å². The van der Waals surface area contributed by atoms with Crippen LogP contribution < -0.4 is 16.0 Å². The van der Waals surface area contributed by atoms with E-state index in [2.05, 4.69) is 5.32 Å². The highest BCUT2D eigenvalue weighted by molar-refractivity contribution is 6.12. The van der Waals surface area contributed by atoms with Gasteiger partial charge in [-0.1, -0.05) is 79.7 Å². The predicted molar refractivity (Wildman–Crippen MR) is 167 cm³/mol. The van der Waals surface area contributed by atoms with E-state index in [1.54, 1.807) is 36.1 Å². The molecule has 1 aliphatic rings. The summed E-state index contributed by atoms with van der Waals surface area (Å²) in [5, 5.41) is 20.3. The number of nitrogen functional groups attached to an aromatic ring is 1. The van der Waals surface area contributed by atoms with Crippen LogP contribution in [0.2, 0.25) is 0 Å². The van der Waals surface area contributed by atoms with E-state index in [0.29, 0.717) is 16.8 Å². The number of carbonyl (C=O) groups excluding carboxylic acids is 3. The molecule has 0 saturated carbocycles. The van der Waals surface area contributed by atoms with E-state index in [4.69, 9.17) is 11.1 Å². The average molecular weight is 590 g/mol. The van der Waals surface area contributed by atoms with Crippen molar-refractivity contribution < 1.29 is 24.3 Å². The molecule has 0 aromatic heterocycles. The normalized spacial score (nSPS) is 13.7. The molecule has 10 heteroatoms. The molecular formula is C34H31N5O5. The number of amidine groups is 1. The van der Waals surface area contributed by atoms with Gasteiger partial charge in [0, 0.05) is 16.8 Å². The topological polar surface area (TPSA) is 157 Å². The van der Waals surface area contributed by atoms with E-state index in [1.165, 1.54) is 18.2 Å². The maximum Gasteiger partial charge on any atom is 0.326 e. The Bertz CT molecular complexity index is 1680. The van der Waals surface area contributed by atoms with Crippen LogP contribution in [-0.2, 0) is 9.59 Å². The lowest BCUT2D eigenvalue weighted by atomic mass is 9.95. The number of hydrogen-bond donors (Lipinski definition) is 4. The summed E-state index contributed by atoms with van der Waals surface area (Å²) in [5.74, 6) is -2.89. The molecule has 3 amide bonds. The van der Waals surface area contributed by atoms with Crippen LogP contribution in [0.3, 0.4) is 0 Å². The third-order valence-corrected chi connectivity index (χ3v) is 7.57. The van der Waals surface area contributed by atoms with Gasteiger partial charge in [-0.2, -0.15) is 0 Å². The van der Waals surface area contributed by atoms with E-state index in [0.717, 1.165) is 16.0 Å². The number of nitrogens with one attached hydrogen (secondary N) is 2. The fourth-order valence-corrected chi connectivity index (χ4v) is 5.41. The molecule has 222 valence electrons. The summed E-state index contributed by atoms with van der Waals surface area (Å²) >= 11 is 0. The van der Waals surface area contributed by atoms with Gasteiger partial charge in [-0.3, -0.25) is 24.7 Å². The number of rotatable bonds is 9. The molecule has 1 atom stereocenters. The zero-order valence-corrected chi connectivity index (χ0v) is 23.9. The number of benzene rings is 4. The zero-order chi connectivity index (χ0) is 31.4. The third-order valence-electron chi connectivity index (χ3n) is 7.57. The van der Waals surface area contributed by atoms with Crippen molar-refractivity contribution in [3.63, 3.8) is 0 Å². The number of aliphatic carboxylic acids is 1. The van der Waals surface area contributed by atoms with Crippen LogP contribution >= 0.6 is 0 Å². The molecule has 1 aliphatic heterocycles. The van der Waals surface area contributed by atoms with Crippen LogP contribution in [0.1, 0.15) is 56.8 Å². The SMILES string of the molecule is CCC(C(=O)O)N1CC(=O)N(C(c2ccccc2)c2ccccc2)c2ccc(NC(=O)c3ccc(C(=N)N)cc3)cc2C1=O. The average Bonchev–Trinajstić information content (AvgIpc) is 3.13. The maximum absolute atomic E-state index is 14.1. The Morgan fingerprint density at radius 3 is 1.98 bits per heavy atom. The largest absolute Gasteiger partial charge is 0.480 e. The van der Waals surface area contributed by atoms with E-state index in [1.807, 2.05) is 60.7 Å². The van der Waals surface area contributed by atoms with Crippen LogP contribution in [0.15, 0.2) is 103 Å². The minimum Gasteiger partial charge on any atom is -0.480 e. The van der Waals surface area contributed by atoms with Crippen LogP contribution in [-0.4, -0.2) is 52.1 Å². The number of nitrogens with two attached hydrogens (primary N) is 1. The van der Waals surface area contributed by atoms with Gasteiger partial charge in [0.05, 0.1) is 17.3 Å². The van der Waals surface area contributed by atoms with Crippen LogP contribution in [0.4, 0.5) is 11.4 Å². The molecule has 10 nitrogen and oxygen atoms in total. The van der Waals surface area contributed by atoms with E-state index < -0.39 is 42.3 Å². The van der Waals surface area contributed by atoms with Crippen molar-refractivity contribution in [3.8, 4) is 0 Å². The molecule has 0 radical (unpaired) electrons. The standard InChI is InChI=1S/C34H31N5O5/c1-2-27(34(43)44)38-20-29(40)39(30(21-9-5-3-6-10-21)22-11-7-4-8-12-22)28-18-17-25(19-26(28)33(38)42)37-32(41)24-15-13-23(14-16-24)31(35)36/h3-19,27,30H,2,20H2,1H3,(H3,35,36)(H,37,41)(H,43,44). The first-order valence-corrected chi connectivity index (χ1v) is 14.0. The number of amides is 3. The number of fused-ring (bicyclic) bond motifs is 1. The van der Waals surface area contributed by atoms with Crippen molar-refractivity contribution in [1.82, 2.24) is 4.90 Å². The molecule has 0 spiro atoms. The van der Waals surface area contributed by atoms with Crippen molar-refractivity contribution in [1.29, 1.82) is 5.41 Å². The van der Waals surface area contributed by atoms with Crippen molar-refractivity contribution in [2.45, 2.75) is 25.4 Å². The summed E-state index contributed by atoms with van der Waals surface area (Å²) in [5.41, 5.74) is 8.55. The van der Waals surface area contributed by atoms with E-state index in [9.17, 15) is 24.3 Å². The lowest BCUT2D eigenvalue weighted by Gasteiger charge is -2.33. The van der Waals surface area contributed by atoms with Gasteiger partial charge in [-0.15, -0.1) is 0 Å². The van der Waals surface area contributed by atoms with Gasteiger partial charge in [0.25, 0.3) is 11.8 Å². The summed E-state index contributed by atoms with van der Waals surface area (Å²) < 4.78 is 0. The van der Waals surface area contributed by atoms with Gasteiger partial charge in [0.1, 0.15) is 18.4 Å². The fourth-order valence-electron chi connectivity index (χ4n) is 5.41. The second kappa shape index (κ2) is 12.6. The van der Waals surface area contributed by atoms with Crippen molar-refractivity contribution in [2.75, 3.05) is 16.8 Å². The Hall–Kier alpha value is -5.77. The first kappa shape index (κ1) is 29.7. The van der Waals surface area contributed by atoms with Gasteiger partial charge < -0.3 is 21.1 Å². The van der Waals surface area contributed by atoms with Crippen molar-refractivity contribution in [3.05, 3.63) is 131 Å². The Labute approximate surface area is 254 Å². The first-order valence-electron chi connectivity index (χ1n) is 14.0. The van der Waals surface area contributed by atoms with Crippen molar-refractivity contribution in [2.24, 2.45) is 5.73 Å². The van der Waals surface area contributed by atoms with E-state index in [-0.39, 0.29) is 23.5 Å². The molecule has 5 rings (SSSR count). The van der Waals surface area contributed by atoms with E-state index >= 15 is 0 Å². The Kier molecular flexibility index (Phi) is 8.52. The van der Waals surface area contributed by atoms with Gasteiger partial charge in [-0.25, -0.2) is 4.79 Å². The van der Waals surface area contributed by atoms with Gasteiger partial charge in [-0.05, 0) is 47.9 Å². The third kappa shape index (κ3) is 5.91. The fraction of sp³-hybridized carbons (Fsp3) is 0.147. The molecule has 44 heavy (non-hydrogen) atoms. The number of hydrogen-bond acceptors (Lipinski definition) is 5. The lowest BCUT2D eigenvalue weighted by molar-refractivity contribution is -0.142. The number of anilines is 2. The predicted octanol–water partition coefficient (Wildman–Crippen LogP) is 4.66. The highest BCUT2D eigenvalue weighted by Gasteiger charge is 2.40. The van der Waals surface area contributed by atoms with Crippen LogP contribution in [0.25, 0.3) is 0 Å². The minimum atomic E-state index is -1.23. The number of carbonyl (C=O) groups is 4. The van der Waals surface area contributed by atoms with Crippen molar-refractivity contribution >= 4 is 40.9 Å². The minimum absolute atomic E-state index is 0.0807. The molecule has 0 bridgehead atoms. The highest BCUT2D eigenvalue weighted by atomic mass is 16.4. The van der Waals surface area contributed by atoms with Gasteiger partial charge in [0.2, 0.25) is 5.91 Å². The molecule has 4 aromatic rings. The zero-order valence-electron chi connectivity index (χ0n) is 23.9. The van der Waals surface area contributed by atoms with Crippen LogP contribution in [0.5, 0.6) is 0 Å². The lowest BCUT2D eigenvalue weighted by Crippen LogP contribution is -2.48. The van der Waals surface area contributed by atoms with Gasteiger partial charge >= 0.3 is 5.97 Å². The molecule has 1 unspecified atom stereocenters. The number of nitrogens with zero attached hydrogens (tertiary/aromatic N) is 2. The highest BCUT2D eigenvalue weighted by Crippen LogP contribution is 2.38. The smallest absolute Gasteiger partial charge is 0.326 e. The molecule has 1 heterocycles.